The van der Waals surface area contributed by atoms with Crippen LogP contribution < -0.4 is 4.74 Å². The minimum Gasteiger partial charge on any atom is -0.466 e. The van der Waals surface area contributed by atoms with Gasteiger partial charge >= 0.3 is 11.9 Å². The topological polar surface area (TPSA) is 52.6 Å². The molecule has 1 aromatic rings. The van der Waals surface area contributed by atoms with Gasteiger partial charge < -0.3 is 9.47 Å². The fourth-order valence-corrected chi connectivity index (χ4v) is 1.89. The van der Waals surface area contributed by atoms with Gasteiger partial charge in [-0.1, -0.05) is 48.6 Å². The Kier molecular flexibility index (Phi) is 9.62. The third kappa shape index (κ3) is 10.2. The summed E-state index contributed by atoms with van der Waals surface area (Å²) in [4.78, 5) is 21.4. The fraction of sp³-hybridized carbons (Fsp3) is 0.300. The SMILES string of the molecule is CC(=O)OCCC=CC=CC=CCCc1ccc(OC(C)=O)cc1. The van der Waals surface area contributed by atoms with E-state index in [1.807, 2.05) is 42.5 Å². The zero-order chi connectivity index (χ0) is 17.6. The molecule has 4 heteroatoms. The van der Waals surface area contributed by atoms with Gasteiger partial charge in [0.25, 0.3) is 0 Å². The highest BCUT2D eigenvalue weighted by molar-refractivity contribution is 5.69. The molecule has 0 amide bonds. The molecule has 0 N–H and O–H groups in total. The van der Waals surface area contributed by atoms with E-state index >= 15 is 0 Å². The normalized spacial score (nSPS) is 11.4. The molecule has 0 aliphatic rings. The van der Waals surface area contributed by atoms with E-state index < -0.39 is 0 Å². The molecule has 0 aromatic heterocycles. The third-order valence-electron chi connectivity index (χ3n) is 2.98. The largest absolute Gasteiger partial charge is 0.466 e. The Morgan fingerprint density at radius 2 is 1.50 bits per heavy atom. The Balaban J connectivity index is 2.18. The molecule has 0 bridgehead atoms. The summed E-state index contributed by atoms with van der Waals surface area (Å²) in [5.74, 6) is 0.0195. The van der Waals surface area contributed by atoms with Crippen molar-refractivity contribution in [3.8, 4) is 5.75 Å². The first-order valence-electron chi connectivity index (χ1n) is 7.97. The van der Waals surface area contributed by atoms with Crippen LogP contribution in [0.25, 0.3) is 0 Å². The van der Waals surface area contributed by atoms with Crippen molar-refractivity contribution in [3.05, 3.63) is 66.3 Å². The molecule has 0 heterocycles. The van der Waals surface area contributed by atoms with Crippen LogP contribution in [-0.2, 0) is 20.7 Å². The summed E-state index contributed by atoms with van der Waals surface area (Å²) >= 11 is 0. The fourth-order valence-electron chi connectivity index (χ4n) is 1.89. The molecule has 0 fully saturated rings. The third-order valence-corrected chi connectivity index (χ3v) is 2.98. The summed E-state index contributed by atoms with van der Waals surface area (Å²) in [6.45, 7) is 3.22. The second-order valence-electron chi connectivity index (χ2n) is 5.15. The highest BCUT2D eigenvalue weighted by Gasteiger charge is 1.97. The maximum absolute atomic E-state index is 10.8. The van der Waals surface area contributed by atoms with E-state index in [2.05, 4.69) is 6.08 Å². The number of hydrogen-bond acceptors (Lipinski definition) is 4. The van der Waals surface area contributed by atoms with Gasteiger partial charge in [-0.25, -0.2) is 0 Å². The predicted octanol–water partition coefficient (Wildman–Crippen LogP) is 4.17. The summed E-state index contributed by atoms with van der Waals surface area (Å²) < 4.78 is 9.81. The molecule has 0 unspecified atom stereocenters. The first kappa shape index (κ1) is 19.4. The highest BCUT2D eigenvalue weighted by atomic mass is 16.5. The van der Waals surface area contributed by atoms with Crippen LogP contribution in [0.15, 0.2) is 60.7 Å². The minimum absolute atomic E-state index is 0.247. The Bertz CT molecular complexity index is 595. The molecule has 1 rings (SSSR count). The molecule has 0 radical (unpaired) electrons. The number of carbonyl (C=O) groups is 2. The van der Waals surface area contributed by atoms with Crippen molar-refractivity contribution in [2.75, 3.05) is 6.61 Å². The highest BCUT2D eigenvalue weighted by Crippen LogP contribution is 2.13. The van der Waals surface area contributed by atoms with Gasteiger partial charge in [-0.2, -0.15) is 0 Å². The summed E-state index contributed by atoms with van der Waals surface area (Å²) in [7, 11) is 0. The molecule has 1 aromatic carbocycles. The predicted molar refractivity (Wildman–Crippen MR) is 94.7 cm³/mol. The smallest absolute Gasteiger partial charge is 0.308 e. The minimum atomic E-state index is -0.308. The lowest BCUT2D eigenvalue weighted by atomic mass is 10.1. The van der Waals surface area contributed by atoms with E-state index in [4.69, 9.17) is 9.47 Å². The molecule has 0 saturated heterocycles. The maximum Gasteiger partial charge on any atom is 0.308 e. The quantitative estimate of drug-likeness (QED) is 0.295. The van der Waals surface area contributed by atoms with Crippen molar-refractivity contribution >= 4 is 11.9 Å². The Morgan fingerprint density at radius 1 is 0.875 bits per heavy atom. The first-order valence-corrected chi connectivity index (χ1v) is 7.97. The molecular weight excluding hydrogens is 304 g/mol. The average Bonchev–Trinajstić information content (AvgIpc) is 2.53. The second kappa shape index (κ2) is 11.9. The van der Waals surface area contributed by atoms with Crippen LogP contribution in [0.2, 0.25) is 0 Å². The van der Waals surface area contributed by atoms with Crippen molar-refractivity contribution in [1.29, 1.82) is 0 Å². The van der Waals surface area contributed by atoms with Crippen LogP contribution >= 0.6 is 0 Å². The number of allylic oxidation sites excluding steroid dienone is 5. The molecule has 0 aliphatic heterocycles. The van der Waals surface area contributed by atoms with E-state index in [-0.39, 0.29) is 11.9 Å². The van der Waals surface area contributed by atoms with Crippen molar-refractivity contribution in [3.63, 3.8) is 0 Å². The van der Waals surface area contributed by atoms with Crippen molar-refractivity contribution < 1.29 is 19.1 Å². The molecule has 0 spiro atoms. The molecule has 0 saturated carbocycles. The van der Waals surface area contributed by atoms with Crippen LogP contribution in [-0.4, -0.2) is 18.5 Å². The van der Waals surface area contributed by atoms with E-state index in [0.717, 1.165) is 19.3 Å². The second-order valence-corrected chi connectivity index (χ2v) is 5.15. The van der Waals surface area contributed by atoms with Crippen molar-refractivity contribution in [2.45, 2.75) is 33.1 Å². The zero-order valence-corrected chi connectivity index (χ0v) is 14.2. The standard InChI is InChI=1S/C20H24O4/c1-17(21)23-16-10-8-6-4-3-5-7-9-11-19-12-14-20(15-13-19)24-18(2)22/h3-8,12-15H,9-11,16H2,1-2H3. The van der Waals surface area contributed by atoms with Gasteiger partial charge in [0.1, 0.15) is 5.75 Å². The molecule has 24 heavy (non-hydrogen) atoms. The van der Waals surface area contributed by atoms with Gasteiger partial charge in [-0.3, -0.25) is 9.59 Å². The molecule has 0 aliphatic carbocycles. The lowest BCUT2D eigenvalue weighted by molar-refractivity contribution is -0.140. The number of aryl methyl sites for hydroxylation is 1. The van der Waals surface area contributed by atoms with Gasteiger partial charge in [0.15, 0.2) is 0 Å². The van der Waals surface area contributed by atoms with Crippen LogP contribution in [0.5, 0.6) is 5.75 Å². The molecule has 4 nitrogen and oxygen atoms in total. The van der Waals surface area contributed by atoms with Crippen LogP contribution in [0.3, 0.4) is 0 Å². The van der Waals surface area contributed by atoms with E-state index in [1.165, 1.54) is 19.4 Å². The summed E-state index contributed by atoms with van der Waals surface area (Å²) in [5.41, 5.74) is 1.20. The maximum atomic E-state index is 10.8. The Hall–Kier alpha value is -2.62. The summed E-state index contributed by atoms with van der Waals surface area (Å²) in [6, 6.07) is 7.55. The van der Waals surface area contributed by atoms with Crippen molar-refractivity contribution in [2.24, 2.45) is 0 Å². The summed E-state index contributed by atoms with van der Waals surface area (Å²) in [6.07, 6.45) is 14.5. The number of ether oxygens (including phenoxy) is 2. The number of rotatable bonds is 9. The van der Waals surface area contributed by atoms with Gasteiger partial charge in [0.05, 0.1) is 6.61 Å². The number of benzene rings is 1. The number of hydrogen-bond donors (Lipinski definition) is 0. The van der Waals surface area contributed by atoms with Crippen LogP contribution in [0.1, 0.15) is 32.3 Å². The van der Waals surface area contributed by atoms with Gasteiger partial charge in [0.2, 0.25) is 0 Å². The molecule has 0 atom stereocenters. The van der Waals surface area contributed by atoms with Crippen LogP contribution in [0.4, 0.5) is 0 Å². The molecule has 128 valence electrons. The first-order chi connectivity index (χ1) is 11.6. The Labute approximate surface area is 143 Å². The van der Waals surface area contributed by atoms with Crippen LogP contribution in [0, 0.1) is 0 Å². The Morgan fingerprint density at radius 3 is 2.08 bits per heavy atom. The lowest BCUT2D eigenvalue weighted by Gasteiger charge is -2.02. The summed E-state index contributed by atoms with van der Waals surface area (Å²) in [5, 5.41) is 0. The van der Waals surface area contributed by atoms with E-state index in [0.29, 0.717) is 12.4 Å². The van der Waals surface area contributed by atoms with Gasteiger partial charge in [-0.15, -0.1) is 0 Å². The monoisotopic (exact) mass is 328 g/mol. The zero-order valence-electron chi connectivity index (χ0n) is 14.2. The number of carbonyl (C=O) groups excluding carboxylic acids is 2. The van der Waals surface area contributed by atoms with Gasteiger partial charge in [-0.05, 0) is 37.0 Å². The van der Waals surface area contributed by atoms with E-state index in [9.17, 15) is 9.59 Å². The number of esters is 2. The van der Waals surface area contributed by atoms with Gasteiger partial charge in [0, 0.05) is 13.8 Å². The lowest BCUT2D eigenvalue weighted by Crippen LogP contribution is -2.01. The van der Waals surface area contributed by atoms with E-state index in [1.54, 1.807) is 12.1 Å². The molecular formula is C20H24O4. The average molecular weight is 328 g/mol. The van der Waals surface area contributed by atoms with Crippen molar-refractivity contribution in [1.82, 2.24) is 0 Å².